The number of alkyl halides is 2. The van der Waals surface area contributed by atoms with E-state index in [1.54, 1.807) is 24.3 Å². The van der Waals surface area contributed by atoms with Crippen molar-refractivity contribution in [3.05, 3.63) is 91.6 Å². The maximum atomic E-state index is 12.6. The Kier molecular flexibility index (Phi) is 6.43. The summed E-state index contributed by atoms with van der Waals surface area (Å²) in [5.41, 5.74) is 1.95. The van der Waals surface area contributed by atoms with E-state index in [4.69, 9.17) is 4.42 Å². The SMILES string of the molecule is O=c1c(Nc2ccc(Cc3ccc(-c4nnc(C(F)F)o4)cc3)cc2)c(C2CNCCS2(O)O)c1=O. The van der Waals surface area contributed by atoms with Crippen molar-refractivity contribution in [3.63, 3.8) is 0 Å². The van der Waals surface area contributed by atoms with Crippen LogP contribution in [0.5, 0.6) is 0 Å². The summed E-state index contributed by atoms with van der Waals surface area (Å²) in [6.45, 7) is 0.664. The number of hydrogen-bond donors (Lipinski definition) is 4. The van der Waals surface area contributed by atoms with Crippen LogP contribution in [-0.2, 0) is 6.42 Å². The largest absolute Gasteiger partial charge is 0.415 e. The molecule has 2 heterocycles. The number of nitrogens with zero attached hydrogens (tertiary/aromatic N) is 2. The molecule has 1 aromatic heterocycles. The van der Waals surface area contributed by atoms with E-state index in [9.17, 15) is 27.5 Å². The molecule has 1 unspecified atom stereocenters. The maximum absolute atomic E-state index is 12.6. The molecule has 12 heteroatoms. The van der Waals surface area contributed by atoms with Gasteiger partial charge in [-0.3, -0.25) is 18.7 Å². The highest BCUT2D eigenvalue weighted by Crippen LogP contribution is 2.55. The third-order valence-corrected chi connectivity index (χ3v) is 8.21. The molecule has 1 saturated heterocycles. The van der Waals surface area contributed by atoms with Crippen LogP contribution in [0.2, 0.25) is 0 Å². The number of anilines is 2. The summed E-state index contributed by atoms with van der Waals surface area (Å²) in [6, 6.07) is 14.4. The second-order valence-electron chi connectivity index (χ2n) is 8.50. The van der Waals surface area contributed by atoms with Gasteiger partial charge in [0, 0.05) is 24.3 Å². The molecule has 0 radical (unpaired) electrons. The van der Waals surface area contributed by atoms with Crippen molar-refractivity contribution in [1.82, 2.24) is 15.5 Å². The molecule has 0 bridgehead atoms. The molecule has 0 aliphatic carbocycles. The molecule has 9 nitrogen and oxygen atoms in total. The Bertz CT molecular complexity index is 1450. The third kappa shape index (κ3) is 4.67. The molecular weight excluding hydrogens is 494 g/mol. The molecule has 1 aliphatic rings. The smallest absolute Gasteiger partial charge is 0.314 e. The highest BCUT2D eigenvalue weighted by molar-refractivity contribution is 8.24. The van der Waals surface area contributed by atoms with E-state index in [2.05, 4.69) is 20.8 Å². The van der Waals surface area contributed by atoms with Crippen LogP contribution in [0.3, 0.4) is 0 Å². The summed E-state index contributed by atoms with van der Waals surface area (Å²) in [7, 11) is -3.01. The first-order valence-electron chi connectivity index (χ1n) is 11.1. The van der Waals surface area contributed by atoms with Gasteiger partial charge in [-0.25, -0.2) is 0 Å². The molecule has 1 fully saturated rings. The van der Waals surface area contributed by atoms with Gasteiger partial charge in [0.1, 0.15) is 5.69 Å². The molecule has 0 saturated carbocycles. The van der Waals surface area contributed by atoms with Gasteiger partial charge in [-0.05, 0) is 41.8 Å². The average Bonchev–Trinajstić information content (AvgIpc) is 3.37. The molecule has 4 aromatic rings. The number of rotatable bonds is 7. The van der Waals surface area contributed by atoms with Crippen molar-refractivity contribution in [2.45, 2.75) is 18.1 Å². The Morgan fingerprint density at radius 1 is 1.03 bits per heavy atom. The standard InChI is InChI=1S/C24H22F2N4O5S/c25-22(26)24-30-29-23(35-24)15-5-1-13(2-6-15)11-14-3-7-16(8-4-14)28-19-18(20(31)21(19)32)17-12-27-9-10-36(17,33)34/h1-8,17,22,27-28,33-34H,9-12H2. The lowest BCUT2D eigenvalue weighted by Gasteiger charge is -2.44. The molecule has 5 rings (SSSR count). The van der Waals surface area contributed by atoms with Gasteiger partial charge in [-0.2, -0.15) is 19.4 Å². The van der Waals surface area contributed by atoms with Crippen LogP contribution >= 0.6 is 10.6 Å². The summed E-state index contributed by atoms with van der Waals surface area (Å²) >= 11 is 0. The first-order valence-corrected chi connectivity index (χ1v) is 12.9. The van der Waals surface area contributed by atoms with E-state index in [1.165, 1.54) is 0 Å². The predicted octanol–water partition coefficient (Wildman–Crippen LogP) is 4.00. The Morgan fingerprint density at radius 3 is 2.31 bits per heavy atom. The lowest BCUT2D eigenvalue weighted by molar-refractivity contribution is 0.116. The summed E-state index contributed by atoms with van der Waals surface area (Å²) in [5.74, 6) is -0.561. The predicted molar refractivity (Wildman–Crippen MR) is 132 cm³/mol. The monoisotopic (exact) mass is 516 g/mol. The lowest BCUT2D eigenvalue weighted by Crippen LogP contribution is -2.45. The number of benzene rings is 2. The molecule has 1 aliphatic heterocycles. The number of halogens is 2. The zero-order chi connectivity index (χ0) is 25.4. The van der Waals surface area contributed by atoms with Crippen LogP contribution in [0, 0.1) is 0 Å². The van der Waals surface area contributed by atoms with Crippen molar-refractivity contribution >= 4 is 22.0 Å². The minimum Gasteiger partial charge on any atom is -0.415 e. The van der Waals surface area contributed by atoms with Gasteiger partial charge < -0.3 is 15.1 Å². The first kappa shape index (κ1) is 24.3. The highest BCUT2D eigenvalue weighted by atomic mass is 32.3. The quantitative estimate of drug-likeness (QED) is 0.269. The van der Waals surface area contributed by atoms with E-state index >= 15 is 0 Å². The number of aromatic nitrogens is 2. The Balaban J connectivity index is 1.26. The summed E-state index contributed by atoms with van der Waals surface area (Å²) in [5, 5.41) is 12.2. The van der Waals surface area contributed by atoms with Gasteiger partial charge >= 0.3 is 6.43 Å². The summed E-state index contributed by atoms with van der Waals surface area (Å²) in [6.07, 6.45) is -2.23. The second kappa shape index (κ2) is 9.54. The topological polar surface area (TPSA) is 138 Å². The van der Waals surface area contributed by atoms with Crippen LogP contribution in [0.25, 0.3) is 11.5 Å². The van der Waals surface area contributed by atoms with Crippen molar-refractivity contribution < 1.29 is 22.3 Å². The van der Waals surface area contributed by atoms with E-state index < -0.39 is 39.0 Å². The summed E-state index contributed by atoms with van der Waals surface area (Å²) < 4.78 is 51.0. The molecule has 0 spiro atoms. The zero-order valence-corrected chi connectivity index (χ0v) is 19.6. The van der Waals surface area contributed by atoms with E-state index in [-0.39, 0.29) is 29.4 Å². The van der Waals surface area contributed by atoms with Crippen LogP contribution in [0.4, 0.5) is 20.2 Å². The lowest BCUT2D eigenvalue weighted by atomic mass is 10.0. The molecule has 4 N–H and O–H groups in total. The Labute approximate surface area is 205 Å². The normalized spacial score (nSPS) is 18.4. The van der Waals surface area contributed by atoms with Crippen molar-refractivity contribution in [3.8, 4) is 11.5 Å². The van der Waals surface area contributed by atoms with Crippen LogP contribution < -0.4 is 21.5 Å². The fraction of sp³-hybridized carbons (Fsp3) is 0.250. The fourth-order valence-corrected chi connectivity index (χ4v) is 5.87. The van der Waals surface area contributed by atoms with Crippen molar-refractivity contribution in [1.29, 1.82) is 0 Å². The van der Waals surface area contributed by atoms with Gasteiger partial charge in [-0.1, -0.05) is 24.3 Å². The zero-order valence-electron chi connectivity index (χ0n) is 18.8. The van der Waals surface area contributed by atoms with Crippen molar-refractivity contribution in [2.75, 3.05) is 24.2 Å². The van der Waals surface area contributed by atoms with Gasteiger partial charge in [0.05, 0.1) is 16.6 Å². The average molecular weight is 517 g/mol. The Hall–Kier alpha value is -3.45. The van der Waals surface area contributed by atoms with E-state index in [1.807, 2.05) is 24.3 Å². The van der Waals surface area contributed by atoms with Crippen molar-refractivity contribution in [2.24, 2.45) is 0 Å². The van der Waals surface area contributed by atoms with Gasteiger partial charge in [0.15, 0.2) is 0 Å². The van der Waals surface area contributed by atoms with Crippen LogP contribution in [0.15, 0.2) is 62.5 Å². The third-order valence-electron chi connectivity index (χ3n) is 6.09. The number of nitrogens with one attached hydrogen (secondary N) is 2. The van der Waals surface area contributed by atoms with Gasteiger partial charge in [0.25, 0.3) is 5.89 Å². The second-order valence-corrected chi connectivity index (χ2v) is 10.9. The molecule has 36 heavy (non-hydrogen) atoms. The first-order chi connectivity index (χ1) is 17.2. The van der Waals surface area contributed by atoms with Gasteiger partial charge in [0.2, 0.25) is 16.7 Å². The number of hydrogen-bond acceptors (Lipinski definition) is 9. The Morgan fingerprint density at radius 2 is 1.69 bits per heavy atom. The highest BCUT2D eigenvalue weighted by Gasteiger charge is 2.38. The van der Waals surface area contributed by atoms with E-state index in [0.29, 0.717) is 24.2 Å². The fourth-order valence-electron chi connectivity index (χ4n) is 4.15. The molecule has 0 amide bonds. The minimum absolute atomic E-state index is 0.0234. The van der Waals surface area contributed by atoms with Gasteiger partial charge in [-0.15, -0.1) is 10.2 Å². The minimum atomic E-state index is -3.01. The van der Waals surface area contributed by atoms with Crippen LogP contribution in [0.1, 0.15) is 34.3 Å². The van der Waals surface area contributed by atoms with E-state index in [0.717, 1.165) is 11.1 Å². The van der Waals surface area contributed by atoms with Crippen LogP contribution in [-0.4, -0.2) is 38.1 Å². The molecule has 188 valence electrons. The molecular formula is C24H22F2N4O5S. The molecule has 1 atom stereocenters. The maximum Gasteiger partial charge on any atom is 0.314 e. The molecule has 3 aromatic carbocycles. The summed E-state index contributed by atoms with van der Waals surface area (Å²) in [4.78, 5) is 24.4.